The summed E-state index contributed by atoms with van der Waals surface area (Å²) in [7, 11) is -2.89. The van der Waals surface area contributed by atoms with Gasteiger partial charge in [0.2, 0.25) is 0 Å². The topological polar surface area (TPSA) is 0 Å². The summed E-state index contributed by atoms with van der Waals surface area (Å²) in [5.74, 6) is 0. The van der Waals surface area contributed by atoms with Gasteiger partial charge in [0.05, 0.1) is 0 Å². The number of benzene rings is 5. The van der Waals surface area contributed by atoms with Crippen LogP contribution in [0, 0.1) is 27.7 Å². The SMILES string of the molecule is CC1=C(C)[C]([Ti+3])([Si](c2cc(C)cc(C)c2)(c2cc(C)cc(C)c2)c2cc(-c3ccccc3)cc(-c3ccccc3)c2)C(C)=C1C.[Cl-].[Cl-].[Cl-]. The van der Waals surface area contributed by atoms with Crippen molar-refractivity contribution in [1.82, 2.24) is 0 Å². The van der Waals surface area contributed by atoms with Crippen LogP contribution < -0.4 is 52.8 Å². The Morgan fingerprint density at radius 3 is 1.04 bits per heavy atom. The van der Waals surface area contributed by atoms with Crippen LogP contribution in [0.2, 0.25) is 3.34 Å². The molecule has 0 amide bonds. The molecule has 0 saturated carbocycles. The van der Waals surface area contributed by atoms with Crippen molar-refractivity contribution in [2.45, 2.75) is 58.7 Å². The Morgan fingerprint density at radius 1 is 0.396 bits per heavy atom. The Bertz CT molecular complexity index is 1820. The van der Waals surface area contributed by atoms with Crippen molar-refractivity contribution < 1.29 is 57.7 Å². The van der Waals surface area contributed by atoms with Crippen LogP contribution >= 0.6 is 0 Å². The number of hydrogen-bond donors (Lipinski definition) is 0. The summed E-state index contributed by atoms with van der Waals surface area (Å²) in [5.41, 5.74) is 16.3. The van der Waals surface area contributed by atoms with Gasteiger partial charge in [-0.1, -0.05) is 0 Å². The van der Waals surface area contributed by atoms with Gasteiger partial charge in [-0.25, -0.2) is 0 Å². The quantitative estimate of drug-likeness (QED) is 0.178. The van der Waals surface area contributed by atoms with Crippen molar-refractivity contribution in [2.24, 2.45) is 0 Å². The molecule has 5 aromatic rings. The average molecular weight is 742 g/mol. The molecule has 48 heavy (non-hydrogen) atoms. The monoisotopic (exact) mass is 740 g/mol. The minimum Gasteiger partial charge on any atom is -1.00 e. The number of halogens is 3. The van der Waals surface area contributed by atoms with E-state index in [9.17, 15) is 0 Å². The molecule has 244 valence electrons. The van der Waals surface area contributed by atoms with Crippen molar-refractivity contribution in [3.8, 4) is 22.3 Å². The molecule has 5 heteroatoms. The van der Waals surface area contributed by atoms with Gasteiger partial charge in [-0.15, -0.1) is 0 Å². The maximum Gasteiger partial charge on any atom is -1.00 e. The van der Waals surface area contributed by atoms with Crippen LogP contribution in [0.3, 0.4) is 0 Å². The van der Waals surface area contributed by atoms with Gasteiger partial charge in [0.25, 0.3) is 0 Å². The second kappa shape index (κ2) is 15.5. The predicted octanol–water partition coefficient (Wildman–Crippen LogP) is 0.668. The third-order valence-corrected chi connectivity index (χ3v) is 18.5. The van der Waals surface area contributed by atoms with Crippen molar-refractivity contribution >= 4 is 23.6 Å². The first-order valence-electron chi connectivity index (χ1n) is 16.0. The fourth-order valence-corrected chi connectivity index (χ4v) is 16.9. The summed E-state index contributed by atoms with van der Waals surface area (Å²) in [4.78, 5) is 0. The van der Waals surface area contributed by atoms with E-state index in [1.807, 2.05) is 0 Å². The molecule has 0 N–H and O–H groups in total. The summed E-state index contributed by atoms with van der Waals surface area (Å²) < 4.78 is -0.176. The Kier molecular flexibility index (Phi) is 12.9. The molecule has 0 unspecified atom stereocenters. The average Bonchev–Trinajstić information content (AvgIpc) is 3.17. The van der Waals surface area contributed by atoms with Gasteiger partial charge in [0, 0.05) is 0 Å². The van der Waals surface area contributed by atoms with Crippen molar-refractivity contribution in [1.29, 1.82) is 0 Å². The van der Waals surface area contributed by atoms with E-state index in [-0.39, 0.29) is 40.6 Å². The van der Waals surface area contributed by atoms with Crippen LogP contribution in [-0.4, -0.2) is 8.07 Å². The zero-order valence-electron chi connectivity index (χ0n) is 29.1. The predicted molar refractivity (Wildman–Crippen MR) is 193 cm³/mol. The molecule has 0 heterocycles. The van der Waals surface area contributed by atoms with E-state index in [1.54, 1.807) is 0 Å². The molecule has 0 fully saturated rings. The molecule has 5 aromatic carbocycles. The fourth-order valence-electron chi connectivity index (χ4n) is 7.94. The summed E-state index contributed by atoms with van der Waals surface area (Å²) in [6.07, 6.45) is 0. The van der Waals surface area contributed by atoms with Gasteiger partial charge >= 0.3 is 285 Å². The maximum absolute atomic E-state index is 2.89. The van der Waals surface area contributed by atoms with Crippen molar-refractivity contribution in [3.63, 3.8) is 0 Å². The first-order valence-corrected chi connectivity index (χ1v) is 18.8. The van der Waals surface area contributed by atoms with Crippen LogP contribution in [0.4, 0.5) is 0 Å². The molecular weight excluding hydrogens is 699 g/mol. The van der Waals surface area contributed by atoms with Gasteiger partial charge in [-0.05, 0) is 0 Å². The van der Waals surface area contributed by atoms with E-state index in [0.717, 1.165) is 0 Å². The minimum absolute atomic E-state index is 0. The van der Waals surface area contributed by atoms with Gasteiger partial charge in [-0.2, -0.15) is 0 Å². The molecule has 6 rings (SSSR count). The van der Waals surface area contributed by atoms with E-state index < -0.39 is 8.07 Å². The van der Waals surface area contributed by atoms with Gasteiger partial charge in [-0.3, -0.25) is 0 Å². The Balaban J connectivity index is 0.00000208. The molecular formula is C43H43Cl3SiTi. The molecule has 0 saturated heterocycles. The van der Waals surface area contributed by atoms with E-state index in [4.69, 9.17) is 0 Å². The summed E-state index contributed by atoms with van der Waals surface area (Å²) in [6, 6.07) is 44.1. The van der Waals surface area contributed by atoms with Gasteiger partial charge < -0.3 is 37.2 Å². The number of aryl methyl sites for hydroxylation is 4. The molecule has 1 aliphatic rings. The van der Waals surface area contributed by atoms with E-state index in [2.05, 4.69) is 191 Å². The van der Waals surface area contributed by atoms with E-state index >= 15 is 0 Å². The zero-order chi connectivity index (χ0) is 32.1. The van der Waals surface area contributed by atoms with Gasteiger partial charge in [0.15, 0.2) is 0 Å². The fraction of sp³-hybridized carbons (Fsp3) is 0.209. The summed E-state index contributed by atoms with van der Waals surface area (Å²) in [5, 5.41) is 4.43. The molecule has 0 spiro atoms. The van der Waals surface area contributed by atoms with Crippen LogP contribution in [-0.2, 0) is 20.4 Å². The first kappa shape index (κ1) is 39.8. The Labute approximate surface area is 319 Å². The van der Waals surface area contributed by atoms with Crippen molar-refractivity contribution in [2.75, 3.05) is 0 Å². The zero-order valence-corrected chi connectivity index (χ0v) is 33.9. The normalized spacial score (nSPS) is 13.9. The Hall–Kier alpha value is -2.62. The second-order valence-corrected chi connectivity index (χ2v) is 19.2. The standard InChI is InChI=1S/C43H43Si.3ClH.Ti/c1-28-19-29(2)22-40(21-28)44(41-23-30(3)20-31(4)24-41,43-34(7)32(5)33(6)35(43)8)42-26-38(36-15-11-9-12-16-36)25-39(27-42)37-17-13-10-14-18-37;;;;/h9-27H,1-8H3;3*1H;/q;;;;+3/p-3. The molecule has 0 atom stereocenters. The molecule has 0 aliphatic heterocycles. The molecule has 0 bridgehead atoms. The number of allylic oxidation sites excluding steroid dienone is 4. The number of hydrogen-bond acceptors (Lipinski definition) is 0. The Morgan fingerprint density at radius 2 is 0.708 bits per heavy atom. The smallest absolute Gasteiger partial charge is 1.00 e. The van der Waals surface area contributed by atoms with Crippen LogP contribution in [0.15, 0.2) is 138 Å². The summed E-state index contributed by atoms with van der Waals surface area (Å²) in [6.45, 7) is 18.6. The third kappa shape index (κ3) is 6.63. The second-order valence-electron chi connectivity index (χ2n) is 13.3. The molecule has 0 aromatic heterocycles. The van der Waals surface area contributed by atoms with Crippen LogP contribution in [0.25, 0.3) is 22.3 Å². The third-order valence-electron chi connectivity index (χ3n) is 10.3. The largest absolute Gasteiger partial charge is 1.00 e. The van der Waals surface area contributed by atoms with Gasteiger partial charge in [0.1, 0.15) is 0 Å². The number of rotatable bonds is 6. The van der Waals surface area contributed by atoms with Crippen LogP contribution in [0.5, 0.6) is 0 Å². The van der Waals surface area contributed by atoms with E-state index in [0.29, 0.717) is 0 Å². The van der Waals surface area contributed by atoms with Crippen molar-refractivity contribution in [3.05, 3.63) is 160 Å². The maximum atomic E-state index is 2.58. The van der Waals surface area contributed by atoms with Crippen LogP contribution in [0.1, 0.15) is 49.9 Å². The van der Waals surface area contributed by atoms with E-state index in [1.165, 1.54) is 82.4 Å². The molecule has 1 aliphatic carbocycles. The first-order chi connectivity index (χ1) is 21.5. The molecule has 0 nitrogen and oxygen atoms in total. The summed E-state index contributed by atoms with van der Waals surface area (Å²) >= 11 is 2.58. The minimum atomic E-state index is -2.89. The molecule has 0 radical (unpaired) electrons.